The Morgan fingerprint density at radius 1 is 1.56 bits per heavy atom. The minimum absolute atomic E-state index is 0.0448. The second kappa shape index (κ2) is 4.38. The van der Waals surface area contributed by atoms with Crippen molar-refractivity contribution in [1.82, 2.24) is 5.32 Å². The molecule has 1 saturated carbocycles. The molecule has 0 atom stereocenters. The molecule has 1 aliphatic rings. The molecule has 1 aromatic carbocycles. The lowest BCUT2D eigenvalue weighted by Crippen LogP contribution is -2.29. The summed E-state index contributed by atoms with van der Waals surface area (Å²) in [6, 6.07) is 5.19. The van der Waals surface area contributed by atoms with Crippen LogP contribution in [0.4, 0.5) is 0 Å². The first-order valence-corrected chi connectivity index (χ1v) is 6.41. The number of halogens is 2. The summed E-state index contributed by atoms with van der Waals surface area (Å²) in [6.07, 6.45) is 2.41. The van der Waals surface area contributed by atoms with Crippen molar-refractivity contribution in [1.29, 1.82) is 0 Å². The molecule has 1 N–H and O–H groups in total. The largest absolute Gasteiger partial charge is 0.351 e. The monoisotopic (exact) mass is 301 g/mol. The summed E-state index contributed by atoms with van der Waals surface area (Å²) in [5, 5.41) is 3.57. The normalized spacial score (nSPS) is 16.9. The summed E-state index contributed by atoms with van der Waals surface area (Å²) in [5.74, 6) is -0.0448. The maximum absolute atomic E-state index is 11.9. The van der Waals surface area contributed by atoms with Crippen LogP contribution in [-0.4, -0.2) is 12.5 Å². The van der Waals surface area contributed by atoms with Gasteiger partial charge in [-0.15, -0.1) is 0 Å². The molecule has 0 radical (unpaired) electrons. The van der Waals surface area contributed by atoms with Crippen molar-refractivity contribution in [2.75, 3.05) is 6.54 Å². The van der Waals surface area contributed by atoms with E-state index in [-0.39, 0.29) is 5.91 Å². The molecule has 0 spiro atoms. The van der Waals surface area contributed by atoms with Crippen LogP contribution in [0.5, 0.6) is 0 Å². The van der Waals surface area contributed by atoms with Gasteiger partial charge in [0.25, 0.3) is 5.91 Å². The highest BCUT2D eigenvalue weighted by atomic mass is 79.9. The van der Waals surface area contributed by atoms with E-state index in [1.807, 2.05) is 0 Å². The molecule has 1 fully saturated rings. The Kier molecular flexibility index (Phi) is 3.27. The first-order chi connectivity index (χ1) is 7.50. The zero-order valence-corrected chi connectivity index (χ0v) is 11.4. The number of hydrogen-bond donors (Lipinski definition) is 1. The van der Waals surface area contributed by atoms with Crippen molar-refractivity contribution in [2.45, 2.75) is 19.8 Å². The minimum atomic E-state index is -0.0448. The van der Waals surface area contributed by atoms with Gasteiger partial charge >= 0.3 is 0 Å². The highest BCUT2D eigenvalue weighted by molar-refractivity contribution is 9.10. The molecular weight excluding hydrogens is 289 g/mol. The van der Waals surface area contributed by atoms with Gasteiger partial charge in [-0.25, -0.2) is 0 Å². The van der Waals surface area contributed by atoms with Crippen LogP contribution in [0.1, 0.15) is 30.1 Å². The van der Waals surface area contributed by atoms with Gasteiger partial charge in [-0.1, -0.05) is 18.5 Å². The van der Waals surface area contributed by atoms with Crippen molar-refractivity contribution in [2.24, 2.45) is 5.41 Å². The third kappa shape index (κ3) is 2.77. The third-order valence-corrected chi connectivity index (χ3v) is 3.85. The Morgan fingerprint density at radius 3 is 2.81 bits per heavy atom. The maximum atomic E-state index is 11.9. The maximum Gasteiger partial charge on any atom is 0.252 e. The number of amides is 1. The van der Waals surface area contributed by atoms with E-state index >= 15 is 0 Å². The van der Waals surface area contributed by atoms with Crippen LogP contribution in [0.3, 0.4) is 0 Å². The van der Waals surface area contributed by atoms with Crippen molar-refractivity contribution in [3.63, 3.8) is 0 Å². The quantitative estimate of drug-likeness (QED) is 0.907. The van der Waals surface area contributed by atoms with Gasteiger partial charge in [0.2, 0.25) is 0 Å². The standard InChI is InChI=1S/C12H13BrClNO/c1-12(4-5-12)7-15-11(16)9-3-2-8(14)6-10(9)13/h2-3,6H,4-5,7H2,1H3,(H,15,16). The third-order valence-electron chi connectivity index (χ3n) is 2.96. The summed E-state index contributed by atoms with van der Waals surface area (Å²) in [7, 11) is 0. The summed E-state index contributed by atoms with van der Waals surface area (Å²) in [4.78, 5) is 11.9. The zero-order chi connectivity index (χ0) is 11.8. The van der Waals surface area contributed by atoms with Gasteiger partial charge in [0, 0.05) is 16.0 Å². The Bertz CT molecular complexity index is 429. The first kappa shape index (κ1) is 11.9. The Hall–Kier alpha value is -0.540. The fourth-order valence-electron chi connectivity index (χ4n) is 1.45. The van der Waals surface area contributed by atoms with Crippen LogP contribution in [-0.2, 0) is 0 Å². The van der Waals surface area contributed by atoms with Gasteiger partial charge < -0.3 is 5.32 Å². The number of hydrogen-bond acceptors (Lipinski definition) is 1. The molecule has 4 heteroatoms. The van der Waals surface area contributed by atoms with Crippen LogP contribution in [0.25, 0.3) is 0 Å². The van der Waals surface area contributed by atoms with Gasteiger partial charge in [-0.3, -0.25) is 4.79 Å². The Labute approximate surface area is 108 Å². The van der Waals surface area contributed by atoms with E-state index in [0.717, 1.165) is 11.0 Å². The summed E-state index contributed by atoms with van der Waals surface area (Å²) >= 11 is 9.16. The molecule has 1 amide bonds. The minimum Gasteiger partial charge on any atom is -0.351 e. The summed E-state index contributed by atoms with van der Waals surface area (Å²) < 4.78 is 0.735. The topological polar surface area (TPSA) is 29.1 Å². The number of benzene rings is 1. The fraction of sp³-hybridized carbons (Fsp3) is 0.417. The number of carbonyl (C=O) groups excluding carboxylic acids is 1. The van der Waals surface area contributed by atoms with E-state index in [0.29, 0.717) is 16.0 Å². The predicted octanol–water partition coefficient (Wildman–Crippen LogP) is 3.63. The lowest BCUT2D eigenvalue weighted by atomic mass is 10.1. The molecule has 1 aliphatic carbocycles. The van der Waals surface area contributed by atoms with Crippen LogP contribution >= 0.6 is 27.5 Å². The Morgan fingerprint density at radius 2 is 2.25 bits per heavy atom. The van der Waals surface area contributed by atoms with E-state index in [1.54, 1.807) is 18.2 Å². The van der Waals surface area contributed by atoms with Crippen molar-refractivity contribution in [3.8, 4) is 0 Å². The number of carbonyl (C=O) groups is 1. The molecule has 16 heavy (non-hydrogen) atoms. The van der Waals surface area contributed by atoms with E-state index in [1.165, 1.54) is 12.8 Å². The molecule has 0 heterocycles. The second-order valence-corrected chi connectivity index (χ2v) is 5.91. The fourth-order valence-corrected chi connectivity index (χ4v) is 2.32. The summed E-state index contributed by atoms with van der Waals surface area (Å²) in [6.45, 7) is 2.94. The average molecular weight is 303 g/mol. The van der Waals surface area contributed by atoms with Crippen LogP contribution in [0.2, 0.25) is 5.02 Å². The van der Waals surface area contributed by atoms with Crippen LogP contribution < -0.4 is 5.32 Å². The van der Waals surface area contributed by atoms with Crippen molar-refractivity contribution < 1.29 is 4.79 Å². The molecule has 1 aromatic rings. The molecule has 0 aromatic heterocycles. The van der Waals surface area contributed by atoms with Crippen molar-refractivity contribution in [3.05, 3.63) is 33.3 Å². The van der Waals surface area contributed by atoms with E-state index in [2.05, 4.69) is 28.2 Å². The number of rotatable bonds is 3. The Balaban J connectivity index is 2.02. The second-order valence-electron chi connectivity index (χ2n) is 4.62. The molecule has 0 saturated heterocycles. The van der Waals surface area contributed by atoms with Crippen LogP contribution in [0, 0.1) is 5.41 Å². The molecule has 0 bridgehead atoms. The van der Waals surface area contributed by atoms with Gasteiger partial charge in [0.15, 0.2) is 0 Å². The van der Waals surface area contributed by atoms with Gasteiger partial charge in [-0.2, -0.15) is 0 Å². The molecular formula is C12H13BrClNO. The summed E-state index contributed by atoms with van der Waals surface area (Å²) in [5.41, 5.74) is 0.961. The molecule has 0 unspecified atom stereocenters. The SMILES string of the molecule is CC1(CNC(=O)c2ccc(Cl)cc2Br)CC1. The van der Waals surface area contributed by atoms with E-state index in [4.69, 9.17) is 11.6 Å². The predicted molar refractivity (Wildman–Crippen MR) is 68.8 cm³/mol. The van der Waals surface area contributed by atoms with E-state index < -0.39 is 0 Å². The van der Waals surface area contributed by atoms with Crippen LogP contribution in [0.15, 0.2) is 22.7 Å². The molecule has 86 valence electrons. The highest BCUT2D eigenvalue weighted by Gasteiger charge is 2.37. The molecule has 0 aliphatic heterocycles. The smallest absolute Gasteiger partial charge is 0.252 e. The highest BCUT2D eigenvalue weighted by Crippen LogP contribution is 2.44. The lowest BCUT2D eigenvalue weighted by Gasteiger charge is -2.11. The van der Waals surface area contributed by atoms with E-state index in [9.17, 15) is 4.79 Å². The van der Waals surface area contributed by atoms with Gasteiger partial charge in [0.05, 0.1) is 5.56 Å². The lowest BCUT2D eigenvalue weighted by molar-refractivity contribution is 0.0945. The van der Waals surface area contributed by atoms with Gasteiger partial charge in [-0.05, 0) is 52.4 Å². The molecule has 2 nitrogen and oxygen atoms in total. The zero-order valence-electron chi connectivity index (χ0n) is 9.02. The first-order valence-electron chi connectivity index (χ1n) is 5.23. The van der Waals surface area contributed by atoms with Gasteiger partial charge in [0.1, 0.15) is 0 Å². The average Bonchev–Trinajstić information content (AvgIpc) is 2.94. The number of nitrogens with one attached hydrogen (secondary N) is 1. The molecule has 2 rings (SSSR count). The van der Waals surface area contributed by atoms with Crippen molar-refractivity contribution >= 4 is 33.4 Å².